The van der Waals surface area contributed by atoms with Crippen LogP contribution >= 0.6 is 0 Å². The summed E-state index contributed by atoms with van der Waals surface area (Å²) in [5.41, 5.74) is 3.79. The van der Waals surface area contributed by atoms with Crippen LogP contribution in [-0.2, 0) is 30.8 Å². The van der Waals surface area contributed by atoms with Crippen molar-refractivity contribution in [1.29, 1.82) is 0 Å². The summed E-state index contributed by atoms with van der Waals surface area (Å²) in [5.74, 6) is -0.216. The van der Waals surface area contributed by atoms with Gasteiger partial charge in [-0.15, -0.1) is 0 Å². The van der Waals surface area contributed by atoms with Crippen molar-refractivity contribution in [3.63, 3.8) is 0 Å². The third-order valence-electron chi connectivity index (χ3n) is 6.69. The van der Waals surface area contributed by atoms with E-state index < -0.39 is 40.5 Å². The molecule has 6 rings (SSSR count). The number of nitrogens with zero attached hydrogens (tertiary/aromatic N) is 4. The summed E-state index contributed by atoms with van der Waals surface area (Å²) in [6.07, 6.45) is 2.87. The first-order valence-electron chi connectivity index (χ1n) is 11.5. The van der Waals surface area contributed by atoms with Gasteiger partial charge in [0, 0.05) is 6.54 Å². The number of rotatable bonds is 6. The van der Waals surface area contributed by atoms with Gasteiger partial charge in [0.1, 0.15) is 24.6 Å². The highest BCUT2D eigenvalue weighted by Crippen LogP contribution is 2.44. The second-order valence-corrected chi connectivity index (χ2v) is 10.9. The lowest BCUT2D eigenvalue weighted by Crippen LogP contribution is -2.42. The van der Waals surface area contributed by atoms with Crippen LogP contribution < -0.4 is 15.2 Å². The minimum Gasteiger partial charge on any atom is -0.361 e. The fourth-order valence-corrected chi connectivity index (χ4v) is 5.66. The zero-order valence-corrected chi connectivity index (χ0v) is 20.1. The average Bonchev–Trinajstić information content (AvgIpc) is 3.54. The lowest BCUT2D eigenvalue weighted by atomic mass is 10.1. The van der Waals surface area contributed by atoms with Gasteiger partial charge in [0.15, 0.2) is 29.0 Å². The highest BCUT2D eigenvalue weighted by atomic mass is 32.2. The van der Waals surface area contributed by atoms with Crippen molar-refractivity contribution < 1.29 is 22.6 Å². The number of anilines is 1. The van der Waals surface area contributed by atoms with Gasteiger partial charge in [0.2, 0.25) is 0 Å². The summed E-state index contributed by atoms with van der Waals surface area (Å²) < 4.78 is 45.3. The Morgan fingerprint density at radius 3 is 2.80 bits per heavy atom. The summed E-state index contributed by atoms with van der Waals surface area (Å²) in [4.78, 5) is 13.5. The van der Waals surface area contributed by atoms with Gasteiger partial charge >= 0.3 is 0 Å². The van der Waals surface area contributed by atoms with Crippen molar-refractivity contribution in [3.8, 4) is 0 Å². The van der Waals surface area contributed by atoms with Gasteiger partial charge in [-0.1, -0.05) is 24.3 Å². The lowest BCUT2D eigenvalue weighted by molar-refractivity contribution is -0.195. The van der Waals surface area contributed by atoms with Crippen LogP contribution in [0.25, 0.3) is 11.2 Å². The van der Waals surface area contributed by atoms with Crippen molar-refractivity contribution in [2.75, 3.05) is 11.9 Å². The van der Waals surface area contributed by atoms with E-state index in [1.165, 1.54) is 17.5 Å². The number of nitrogens with two attached hydrogens (primary N) is 1. The molecule has 186 valence electrons. The number of imidazole rings is 1. The second-order valence-electron chi connectivity index (χ2n) is 9.50. The summed E-state index contributed by atoms with van der Waals surface area (Å²) in [6.45, 7) is 3.57. The monoisotopic (exact) mass is 501 g/mol. The van der Waals surface area contributed by atoms with E-state index in [4.69, 9.17) is 19.3 Å². The topological polar surface area (TPSA) is 156 Å². The highest BCUT2D eigenvalue weighted by molar-refractivity contribution is 7.87. The second kappa shape index (κ2) is 8.18. The maximum atomic E-state index is 11.4. The first kappa shape index (κ1) is 22.8. The zero-order valence-electron chi connectivity index (χ0n) is 19.3. The maximum Gasteiger partial charge on any atom is 0.274 e. The Morgan fingerprint density at radius 1 is 1.17 bits per heavy atom. The lowest BCUT2D eigenvalue weighted by Gasteiger charge is -2.24. The quantitative estimate of drug-likeness (QED) is 0.451. The smallest absolute Gasteiger partial charge is 0.274 e. The molecule has 12 nitrogen and oxygen atoms in total. The molecule has 3 aromatic rings. The number of ether oxygens (including phenoxy) is 3. The molecule has 5 atom stereocenters. The van der Waals surface area contributed by atoms with E-state index in [0.717, 1.165) is 12.8 Å². The van der Waals surface area contributed by atoms with Gasteiger partial charge in [-0.05, 0) is 37.8 Å². The molecular weight excluding hydrogens is 474 g/mol. The molecule has 1 aromatic carbocycles. The van der Waals surface area contributed by atoms with E-state index in [-0.39, 0.29) is 12.6 Å². The van der Waals surface area contributed by atoms with E-state index in [2.05, 4.69) is 43.2 Å². The van der Waals surface area contributed by atoms with Crippen molar-refractivity contribution in [2.45, 2.75) is 63.1 Å². The largest absolute Gasteiger partial charge is 0.361 e. The molecule has 0 spiro atoms. The van der Waals surface area contributed by atoms with E-state index >= 15 is 0 Å². The fourth-order valence-electron chi connectivity index (χ4n) is 5.26. The molecule has 0 amide bonds. The number of aryl methyl sites for hydroxylation is 1. The van der Waals surface area contributed by atoms with Crippen molar-refractivity contribution in [2.24, 2.45) is 5.14 Å². The molecule has 3 aliphatic rings. The van der Waals surface area contributed by atoms with Crippen molar-refractivity contribution in [3.05, 3.63) is 48.0 Å². The van der Waals surface area contributed by atoms with Crippen LogP contribution in [0.4, 0.5) is 5.82 Å². The maximum absolute atomic E-state index is 11.4. The standard InChI is InChI=1S/C22H27N7O5S/c1-22(2)33-17-15(9-27-35(23,30)31)32-21(18(17)34-22)29-11-26-16-19(24-10-25-20(16)29)28-14-8-7-12-5-3-4-6-13(12)14/h3-6,10-11,14-15,17-18,21,27H,7-9H2,1-2H3,(H2,23,30,31)(H,24,25,28)/t14-,15+,17+,18+,21+/m0/s1. The van der Waals surface area contributed by atoms with Crippen LogP contribution in [0.3, 0.4) is 0 Å². The van der Waals surface area contributed by atoms with Gasteiger partial charge in [-0.3, -0.25) is 4.57 Å². The van der Waals surface area contributed by atoms with Gasteiger partial charge in [0.05, 0.1) is 12.4 Å². The molecule has 0 bridgehead atoms. The molecule has 1 aliphatic carbocycles. The minimum absolute atomic E-state index is 0.0502. The third-order valence-corrected chi connectivity index (χ3v) is 7.26. The normalized spacial score (nSPS) is 29.4. The van der Waals surface area contributed by atoms with E-state index in [0.29, 0.717) is 17.0 Å². The number of benzene rings is 1. The van der Waals surface area contributed by atoms with Gasteiger partial charge in [-0.25, -0.2) is 20.1 Å². The highest BCUT2D eigenvalue weighted by Gasteiger charge is 2.56. The molecule has 2 aliphatic heterocycles. The van der Waals surface area contributed by atoms with Crippen LogP contribution in [0.1, 0.15) is 43.7 Å². The van der Waals surface area contributed by atoms with Crippen molar-refractivity contribution in [1.82, 2.24) is 24.2 Å². The number of hydrogen-bond acceptors (Lipinski definition) is 9. The number of fused-ring (bicyclic) bond motifs is 3. The SMILES string of the molecule is CC1(C)O[C@@H]2[C@H](O1)[C@@H](CNS(N)(=O)=O)O[C@H]2n1cnc2c(N[C@H]3CCc4ccccc43)ncnc21. The summed E-state index contributed by atoms with van der Waals surface area (Å²) in [5, 5.41) is 8.65. The Morgan fingerprint density at radius 2 is 1.97 bits per heavy atom. The molecule has 13 heteroatoms. The molecule has 0 unspecified atom stereocenters. The first-order valence-corrected chi connectivity index (χ1v) is 13.0. The van der Waals surface area contributed by atoms with Crippen LogP contribution in [0, 0.1) is 0 Å². The Balaban J connectivity index is 1.30. The van der Waals surface area contributed by atoms with Gasteiger partial charge in [-0.2, -0.15) is 13.1 Å². The van der Waals surface area contributed by atoms with E-state index in [1.807, 2.05) is 19.9 Å². The summed E-state index contributed by atoms with van der Waals surface area (Å²) in [7, 11) is -3.89. The first-order chi connectivity index (χ1) is 16.7. The molecule has 4 N–H and O–H groups in total. The van der Waals surface area contributed by atoms with Crippen LogP contribution in [-0.4, -0.2) is 58.6 Å². The Labute approximate surface area is 202 Å². The Kier molecular flexibility index (Phi) is 5.32. The van der Waals surface area contributed by atoms with E-state index in [1.54, 1.807) is 10.9 Å². The van der Waals surface area contributed by atoms with Crippen LogP contribution in [0.2, 0.25) is 0 Å². The number of aromatic nitrogens is 4. The van der Waals surface area contributed by atoms with Crippen molar-refractivity contribution >= 4 is 27.2 Å². The fraction of sp³-hybridized carbons (Fsp3) is 0.500. The van der Waals surface area contributed by atoms with Crippen LogP contribution in [0.5, 0.6) is 0 Å². The van der Waals surface area contributed by atoms with E-state index in [9.17, 15) is 8.42 Å². The molecule has 0 saturated carbocycles. The molecular formula is C22H27N7O5S. The molecule has 35 heavy (non-hydrogen) atoms. The number of nitrogens with one attached hydrogen (secondary N) is 2. The Hall–Kier alpha value is -2.68. The average molecular weight is 502 g/mol. The Bertz CT molecular complexity index is 1380. The van der Waals surface area contributed by atoms with Gasteiger partial charge in [0.25, 0.3) is 10.2 Å². The summed E-state index contributed by atoms with van der Waals surface area (Å²) >= 11 is 0. The molecule has 4 heterocycles. The third kappa shape index (κ3) is 4.17. The van der Waals surface area contributed by atoms with Gasteiger partial charge < -0.3 is 19.5 Å². The minimum atomic E-state index is -3.89. The predicted octanol–water partition coefficient (Wildman–Crippen LogP) is 1.14. The molecule has 2 aromatic heterocycles. The zero-order chi connectivity index (χ0) is 24.4. The van der Waals surface area contributed by atoms with Crippen LogP contribution in [0.15, 0.2) is 36.9 Å². The molecule has 0 radical (unpaired) electrons. The predicted molar refractivity (Wildman–Crippen MR) is 125 cm³/mol. The summed E-state index contributed by atoms with van der Waals surface area (Å²) in [6, 6.07) is 8.54. The number of hydrogen-bond donors (Lipinski definition) is 3. The molecule has 2 saturated heterocycles. The molecule has 2 fully saturated rings.